The quantitative estimate of drug-likeness (QED) is 0.940. The van der Waals surface area contributed by atoms with E-state index in [2.05, 4.69) is 12.1 Å². The van der Waals surface area contributed by atoms with Crippen LogP contribution in [0.2, 0.25) is 0 Å². The molecule has 0 unspecified atom stereocenters. The van der Waals surface area contributed by atoms with Crippen LogP contribution in [0.1, 0.15) is 22.6 Å². The first-order valence-corrected chi connectivity index (χ1v) is 8.30. The van der Waals surface area contributed by atoms with E-state index < -0.39 is 0 Å². The Labute approximate surface area is 143 Å². The lowest BCUT2D eigenvalue weighted by atomic mass is 9.95. The highest BCUT2D eigenvalue weighted by atomic mass is 16.5. The number of amides is 1. The van der Waals surface area contributed by atoms with Gasteiger partial charge in [0.15, 0.2) is 0 Å². The number of ether oxygens (including phenoxy) is 1. The smallest absolute Gasteiger partial charge is 0.227 e. The molecule has 0 aromatic heterocycles. The Morgan fingerprint density at radius 3 is 2.67 bits per heavy atom. The molecular weight excluding hydrogens is 300 g/mol. The van der Waals surface area contributed by atoms with Crippen LogP contribution in [0.4, 0.5) is 0 Å². The van der Waals surface area contributed by atoms with Crippen LogP contribution >= 0.6 is 0 Å². The molecule has 0 radical (unpaired) electrons. The Balaban J connectivity index is 1.72. The number of carbonyl (C=O) groups excluding carboxylic acids is 1. The molecule has 0 spiro atoms. The van der Waals surface area contributed by atoms with Crippen molar-refractivity contribution in [3.05, 3.63) is 65.2 Å². The summed E-state index contributed by atoms with van der Waals surface area (Å²) >= 11 is 0. The molecule has 2 N–H and O–H groups in total. The Hall–Kier alpha value is -2.33. The topological polar surface area (TPSA) is 55.6 Å². The molecule has 24 heavy (non-hydrogen) atoms. The van der Waals surface area contributed by atoms with Crippen molar-refractivity contribution in [2.45, 2.75) is 25.3 Å². The third kappa shape index (κ3) is 3.44. The molecule has 2 atom stereocenters. The van der Waals surface area contributed by atoms with Crippen LogP contribution in [0.5, 0.6) is 5.75 Å². The van der Waals surface area contributed by atoms with Crippen LogP contribution in [-0.4, -0.2) is 37.0 Å². The van der Waals surface area contributed by atoms with Gasteiger partial charge in [0.2, 0.25) is 5.91 Å². The van der Waals surface area contributed by atoms with Crippen molar-refractivity contribution in [2.75, 3.05) is 20.2 Å². The van der Waals surface area contributed by atoms with E-state index in [4.69, 9.17) is 10.5 Å². The summed E-state index contributed by atoms with van der Waals surface area (Å²) < 4.78 is 5.38. The van der Waals surface area contributed by atoms with Crippen LogP contribution in [0.3, 0.4) is 0 Å². The van der Waals surface area contributed by atoms with Gasteiger partial charge in [0, 0.05) is 30.6 Å². The number of aryl methyl sites for hydroxylation is 1. The SMILES string of the molecule is COc1ccc(C)cc1CC(=O)N1C[C@@H](N)[C@H](c2ccccc2)C1. The maximum atomic E-state index is 12.7. The van der Waals surface area contributed by atoms with E-state index in [-0.39, 0.29) is 17.9 Å². The van der Waals surface area contributed by atoms with Crippen LogP contribution in [0.25, 0.3) is 0 Å². The monoisotopic (exact) mass is 324 g/mol. The normalized spacial score (nSPS) is 20.2. The second-order valence-electron chi connectivity index (χ2n) is 6.47. The second kappa shape index (κ2) is 7.05. The van der Waals surface area contributed by atoms with Gasteiger partial charge in [-0.05, 0) is 18.6 Å². The highest BCUT2D eigenvalue weighted by Crippen LogP contribution is 2.28. The van der Waals surface area contributed by atoms with Gasteiger partial charge >= 0.3 is 0 Å². The summed E-state index contributed by atoms with van der Waals surface area (Å²) in [5.74, 6) is 1.07. The molecule has 1 aliphatic heterocycles. The van der Waals surface area contributed by atoms with Gasteiger partial charge < -0.3 is 15.4 Å². The zero-order valence-corrected chi connectivity index (χ0v) is 14.2. The lowest BCUT2D eigenvalue weighted by molar-refractivity contribution is -0.129. The first-order chi connectivity index (χ1) is 11.6. The van der Waals surface area contributed by atoms with Crippen LogP contribution in [-0.2, 0) is 11.2 Å². The van der Waals surface area contributed by atoms with Crippen molar-refractivity contribution in [3.63, 3.8) is 0 Å². The molecule has 0 saturated carbocycles. The number of rotatable bonds is 4. The fraction of sp³-hybridized carbons (Fsp3) is 0.350. The van der Waals surface area contributed by atoms with Gasteiger partial charge in [-0.15, -0.1) is 0 Å². The summed E-state index contributed by atoms with van der Waals surface area (Å²) in [6.45, 7) is 3.30. The van der Waals surface area contributed by atoms with E-state index in [1.54, 1.807) is 7.11 Å². The van der Waals surface area contributed by atoms with Crippen molar-refractivity contribution < 1.29 is 9.53 Å². The lowest BCUT2D eigenvalue weighted by Crippen LogP contribution is -2.33. The number of nitrogens with zero attached hydrogens (tertiary/aromatic N) is 1. The maximum absolute atomic E-state index is 12.7. The van der Waals surface area contributed by atoms with E-state index in [0.717, 1.165) is 16.9 Å². The second-order valence-corrected chi connectivity index (χ2v) is 6.47. The van der Waals surface area contributed by atoms with Gasteiger partial charge in [-0.3, -0.25) is 4.79 Å². The van der Waals surface area contributed by atoms with Gasteiger partial charge in [0.1, 0.15) is 5.75 Å². The highest BCUT2D eigenvalue weighted by Gasteiger charge is 2.33. The number of nitrogens with two attached hydrogens (primary N) is 1. The Bertz CT molecular complexity index is 715. The van der Waals surface area contributed by atoms with Crippen molar-refractivity contribution in [2.24, 2.45) is 5.73 Å². The molecule has 4 nitrogen and oxygen atoms in total. The van der Waals surface area contributed by atoms with Crippen molar-refractivity contribution in [3.8, 4) is 5.75 Å². The molecule has 1 aliphatic rings. The van der Waals surface area contributed by atoms with Crippen molar-refractivity contribution in [1.82, 2.24) is 4.90 Å². The third-order valence-corrected chi connectivity index (χ3v) is 4.72. The fourth-order valence-corrected chi connectivity index (χ4v) is 3.41. The standard InChI is InChI=1S/C20H24N2O2/c1-14-8-9-19(24-2)16(10-14)11-20(23)22-12-17(18(21)13-22)15-6-4-3-5-7-15/h3-10,17-18H,11-13,21H2,1-2H3/t17-,18+/m0/s1. The molecule has 2 aromatic rings. The Morgan fingerprint density at radius 2 is 1.96 bits per heavy atom. The van der Waals surface area contributed by atoms with Crippen LogP contribution in [0, 0.1) is 6.92 Å². The van der Waals surface area contributed by atoms with E-state index in [9.17, 15) is 4.79 Å². The lowest BCUT2D eigenvalue weighted by Gasteiger charge is -2.18. The molecule has 126 valence electrons. The maximum Gasteiger partial charge on any atom is 0.227 e. The highest BCUT2D eigenvalue weighted by molar-refractivity contribution is 5.80. The summed E-state index contributed by atoms with van der Waals surface area (Å²) in [4.78, 5) is 14.6. The van der Waals surface area contributed by atoms with Gasteiger partial charge in [-0.1, -0.05) is 48.0 Å². The minimum Gasteiger partial charge on any atom is -0.496 e. The first-order valence-electron chi connectivity index (χ1n) is 8.30. The molecular formula is C20H24N2O2. The average molecular weight is 324 g/mol. The number of hydrogen-bond donors (Lipinski definition) is 1. The fourth-order valence-electron chi connectivity index (χ4n) is 3.41. The number of likely N-dealkylation sites (tertiary alicyclic amines) is 1. The summed E-state index contributed by atoms with van der Waals surface area (Å²) in [7, 11) is 1.63. The molecule has 1 heterocycles. The molecule has 4 heteroatoms. The predicted octanol–water partition coefficient (Wildman–Crippen LogP) is 2.50. The number of benzene rings is 2. The van der Waals surface area contributed by atoms with Crippen molar-refractivity contribution in [1.29, 1.82) is 0 Å². The zero-order valence-electron chi connectivity index (χ0n) is 14.2. The predicted molar refractivity (Wildman–Crippen MR) is 95.2 cm³/mol. The minimum absolute atomic E-state index is 0.0178. The van der Waals surface area contributed by atoms with Crippen LogP contribution < -0.4 is 10.5 Å². The minimum atomic E-state index is -0.0178. The van der Waals surface area contributed by atoms with E-state index in [1.165, 1.54) is 5.56 Å². The summed E-state index contributed by atoms with van der Waals surface area (Å²) in [5.41, 5.74) is 9.55. The molecule has 1 fully saturated rings. The van der Waals surface area contributed by atoms with Gasteiger partial charge in [-0.2, -0.15) is 0 Å². The summed E-state index contributed by atoms with van der Waals surface area (Å²) in [6.07, 6.45) is 0.346. The van der Waals surface area contributed by atoms with E-state index >= 15 is 0 Å². The molecule has 0 aliphatic carbocycles. The van der Waals surface area contributed by atoms with Crippen molar-refractivity contribution >= 4 is 5.91 Å². The Morgan fingerprint density at radius 1 is 1.21 bits per heavy atom. The summed E-state index contributed by atoms with van der Waals surface area (Å²) in [5, 5.41) is 0. The first kappa shape index (κ1) is 16.5. The molecule has 3 rings (SSSR count). The van der Waals surface area contributed by atoms with E-state index in [1.807, 2.05) is 48.2 Å². The van der Waals surface area contributed by atoms with Gasteiger partial charge in [0.05, 0.1) is 13.5 Å². The molecule has 1 amide bonds. The summed E-state index contributed by atoms with van der Waals surface area (Å²) in [6, 6.07) is 16.1. The average Bonchev–Trinajstić information content (AvgIpc) is 2.98. The number of carbonyl (C=O) groups is 1. The number of methoxy groups -OCH3 is 1. The van der Waals surface area contributed by atoms with Crippen LogP contribution in [0.15, 0.2) is 48.5 Å². The number of hydrogen-bond acceptors (Lipinski definition) is 3. The molecule has 0 bridgehead atoms. The zero-order chi connectivity index (χ0) is 17.1. The van der Waals surface area contributed by atoms with E-state index in [0.29, 0.717) is 19.5 Å². The molecule has 2 aromatic carbocycles. The largest absolute Gasteiger partial charge is 0.496 e. The van der Waals surface area contributed by atoms with Gasteiger partial charge in [-0.25, -0.2) is 0 Å². The third-order valence-electron chi connectivity index (χ3n) is 4.72. The molecule has 1 saturated heterocycles. The Kier molecular flexibility index (Phi) is 4.86. The van der Waals surface area contributed by atoms with Gasteiger partial charge in [0.25, 0.3) is 0 Å².